The summed E-state index contributed by atoms with van der Waals surface area (Å²) in [7, 11) is 0. The molecule has 1 heterocycles. The normalized spacial score (nSPS) is 11.1. The van der Waals surface area contributed by atoms with Crippen LogP contribution in [0.2, 0.25) is 0 Å². The highest BCUT2D eigenvalue weighted by molar-refractivity contribution is 14.1. The number of H-pyrrole nitrogens is 1. The third kappa shape index (κ3) is 6.07. The van der Waals surface area contributed by atoms with E-state index in [0.29, 0.717) is 34.9 Å². The van der Waals surface area contributed by atoms with Gasteiger partial charge >= 0.3 is 5.97 Å². The van der Waals surface area contributed by atoms with E-state index in [2.05, 4.69) is 44.2 Å². The van der Waals surface area contributed by atoms with Gasteiger partial charge in [0, 0.05) is 20.0 Å². The number of carbonyl (C=O) groups is 2. The summed E-state index contributed by atoms with van der Waals surface area (Å²) < 4.78 is 12.4. The molecule has 0 aliphatic carbocycles. The molecule has 7 nitrogen and oxygen atoms in total. The van der Waals surface area contributed by atoms with E-state index in [-0.39, 0.29) is 5.91 Å². The Kier molecular flexibility index (Phi) is 8.26. The zero-order valence-electron chi connectivity index (χ0n) is 21.9. The molecule has 0 saturated heterocycles. The Labute approximate surface area is 245 Å². The van der Waals surface area contributed by atoms with Crippen molar-refractivity contribution in [3.8, 4) is 22.6 Å². The average Bonchev–Trinajstić information content (AvgIpc) is 3.33. The van der Waals surface area contributed by atoms with Crippen molar-refractivity contribution in [3.63, 3.8) is 0 Å². The van der Waals surface area contributed by atoms with E-state index in [1.165, 1.54) is 6.21 Å². The molecule has 0 atom stereocenters. The Balaban J connectivity index is 1.36. The third-order valence-corrected chi connectivity index (χ3v) is 6.82. The van der Waals surface area contributed by atoms with Crippen LogP contribution in [0.1, 0.15) is 38.9 Å². The van der Waals surface area contributed by atoms with Gasteiger partial charge in [0.25, 0.3) is 5.91 Å². The first-order valence-corrected chi connectivity index (χ1v) is 13.8. The van der Waals surface area contributed by atoms with Crippen molar-refractivity contribution in [3.05, 3.63) is 117 Å². The van der Waals surface area contributed by atoms with Crippen molar-refractivity contribution in [1.29, 1.82) is 0 Å². The largest absolute Gasteiger partial charge is 0.490 e. The fourth-order valence-corrected chi connectivity index (χ4v) is 4.84. The summed E-state index contributed by atoms with van der Waals surface area (Å²) >= 11 is 2.26. The smallest absolute Gasteiger partial charge is 0.343 e. The zero-order chi connectivity index (χ0) is 28.1. The molecule has 1 amide bonds. The quantitative estimate of drug-likeness (QED) is 0.0619. The maximum absolute atomic E-state index is 13.2. The van der Waals surface area contributed by atoms with E-state index in [1.54, 1.807) is 30.3 Å². The number of benzene rings is 4. The van der Waals surface area contributed by atoms with Gasteiger partial charge in [-0.25, -0.2) is 10.2 Å². The number of halogens is 1. The number of aromatic nitrogens is 1. The number of hydrazone groups is 1. The molecule has 0 fully saturated rings. The number of ether oxygens (including phenoxy) is 2. The van der Waals surface area contributed by atoms with Crippen LogP contribution in [-0.2, 0) is 0 Å². The molecule has 2 N–H and O–H groups in total. The second-order valence-corrected chi connectivity index (χ2v) is 10.3. The van der Waals surface area contributed by atoms with Crippen LogP contribution in [0.25, 0.3) is 22.0 Å². The van der Waals surface area contributed by atoms with Crippen LogP contribution in [0.3, 0.4) is 0 Å². The molecule has 5 rings (SSSR count). The van der Waals surface area contributed by atoms with Crippen LogP contribution in [0.5, 0.6) is 11.5 Å². The second kappa shape index (κ2) is 12.2. The molecule has 0 radical (unpaired) electrons. The van der Waals surface area contributed by atoms with Gasteiger partial charge in [-0.1, -0.05) is 48.0 Å². The number of aryl methyl sites for hydroxylation is 1. The lowest BCUT2D eigenvalue weighted by Crippen LogP contribution is -2.18. The molecule has 1 aromatic heterocycles. The molecular weight excluding hydrogens is 617 g/mol. The minimum Gasteiger partial charge on any atom is -0.490 e. The molecule has 0 saturated carbocycles. The van der Waals surface area contributed by atoms with E-state index in [0.717, 1.165) is 31.2 Å². The van der Waals surface area contributed by atoms with E-state index >= 15 is 0 Å². The predicted molar refractivity (Wildman–Crippen MR) is 165 cm³/mol. The number of nitrogens with zero attached hydrogens (tertiary/aromatic N) is 1. The Morgan fingerprint density at radius 3 is 2.55 bits per heavy atom. The summed E-state index contributed by atoms with van der Waals surface area (Å²) in [5.41, 5.74) is 7.75. The van der Waals surface area contributed by atoms with Crippen molar-refractivity contribution in [2.75, 3.05) is 6.61 Å². The first kappa shape index (κ1) is 27.1. The molecule has 5 aromatic rings. The van der Waals surface area contributed by atoms with Gasteiger partial charge in [0.05, 0.1) is 18.4 Å². The maximum Gasteiger partial charge on any atom is 0.343 e. The van der Waals surface area contributed by atoms with Gasteiger partial charge in [0.15, 0.2) is 11.5 Å². The lowest BCUT2D eigenvalue weighted by molar-refractivity contribution is 0.0728. The van der Waals surface area contributed by atoms with Gasteiger partial charge in [-0.3, -0.25) is 4.79 Å². The van der Waals surface area contributed by atoms with Crippen LogP contribution in [-0.4, -0.2) is 29.7 Å². The van der Waals surface area contributed by atoms with Crippen molar-refractivity contribution in [1.82, 2.24) is 10.4 Å². The zero-order valence-corrected chi connectivity index (χ0v) is 24.1. The second-order valence-electron chi connectivity index (χ2n) is 9.03. The Morgan fingerprint density at radius 2 is 1.77 bits per heavy atom. The highest BCUT2D eigenvalue weighted by Crippen LogP contribution is 2.33. The molecule has 4 aromatic carbocycles. The Hall–Kier alpha value is -4.44. The van der Waals surface area contributed by atoms with Crippen LogP contribution < -0.4 is 14.9 Å². The lowest BCUT2D eigenvalue weighted by atomic mass is 10.0. The fourth-order valence-electron chi connectivity index (χ4n) is 4.35. The maximum atomic E-state index is 13.2. The van der Waals surface area contributed by atoms with E-state index in [4.69, 9.17) is 9.47 Å². The number of hydrogen-bond donors (Lipinski definition) is 2. The SMILES string of the molecule is CCOc1cc(C=NNC(=O)c2[nH]c3ccc(I)cc3c2-c2ccccc2)ccc1OC(=O)c1cccc(C)c1. The van der Waals surface area contributed by atoms with E-state index in [9.17, 15) is 9.59 Å². The number of carbonyl (C=O) groups excluding carboxylic acids is 2. The highest BCUT2D eigenvalue weighted by atomic mass is 127. The van der Waals surface area contributed by atoms with Gasteiger partial charge in [0.2, 0.25) is 0 Å². The molecule has 0 aliphatic rings. The number of fused-ring (bicyclic) bond motifs is 1. The summed E-state index contributed by atoms with van der Waals surface area (Å²) in [4.78, 5) is 29.1. The first-order valence-electron chi connectivity index (χ1n) is 12.7. The lowest BCUT2D eigenvalue weighted by Gasteiger charge is -2.11. The summed E-state index contributed by atoms with van der Waals surface area (Å²) in [6, 6.07) is 28.1. The van der Waals surface area contributed by atoms with Crippen LogP contribution >= 0.6 is 22.6 Å². The first-order chi connectivity index (χ1) is 19.4. The molecule has 8 heteroatoms. The van der Waals surface area contributed by atoms with Gasteiger partial charge in [-0.05, 0) is 96.1 Å². The molecule has 200 valence electrons. The number of nitrogens with one attached hydrogen (secondary N) is 2. The minimum absolute atomic E-state index is 0.301. The van der Waals surface area contributed by atoms with Gasteiger partial charge in [-0.15, -0.1) is 0 Å². The molecule has 0 aliphatic heterocycles. The van der Waals surface area contributed by atoms with Gasteiger partial charge in [0.1, 0.15) is 5.69 Å². The predicted octanol–water partition coefficient (Wildman–Crippen LogP) is 7.13. The van der Waals surface area contributed by atoms with E-state index in [1.807, 2.05) is 68.4 Å². The topological polar surface area (TPSA) is 92.8 Å². The van der Waals surface area contributed by atoms with Crippen LogP contribution in [0, 0.1) is 10.5 Å². The summed E-state index contributed by atoms with van der Waals surface area (Å²) in [6.45, 7) is 4.14. The average molecular weight is 643 g/mol. The number of hydrogen-bond acceptors (Lipinski definition) is 5. The van der Waals surface area contributed by atoms with Crippen molar-refractivity contribution in [2.24, 2.45) is 5.10 Å². The Morgan fingerprint density at radius 1 is 0.950 bits per heavy atom. The molecule has 0 spiro atoms. The number of esters is 1. The third-order valence-electron chi connectivity index (χ3n) is 6.15. The van der Waals surface area contributed by atoms with Crippen molar-refractivity contribution in [2.45, 2.75) is 13.8 Å². The van der Waals surface area contributed by atoms with Crippen LogP contribution in [0.4, 0.5) is 0 Å². The fraction of sp³-hybridized carbons (Fsp3) is 0.0938. The number of aromatic amines is 1. The standard InChI is InChI=1S/C32H26IN3O4/c1-3-39-28-17-21(12-15-27(28)40-32(38)23-11-7-8-20(2)16-23)19-34-36-31(37)30-29(22-9-5-4-6-10-22)25-18-24(33)13-14-26(25)35-30/h4-19,35H,3H2,1-2H3,(H,36,37). The monoisotopic (exact) mass is 643 g/mol. The summed E-state index contributed by atoms with van der Waals surface area (Å²) in [6.07, 6.45) is 1.51. The van der Waals surface area contributed by atoms with Crippen LogP contribution in [0.15, 0.2) is 96.1 Å². The Bertz CT molecular complexity index is 1730. The highest BCUT2D eigenvalue weighted by Gasteiger charge is 2.19. The summed E-state index contributed by atoms with van der Waals surface area (Å²) in [5, 5.41) is 5.14. The van der Waals surface area contributed by atoms with Crippen molar-refractivity contribution >= 4 is 51.6 Å². The molecule has 0 bridgehead atoms. The number of rotatable bonds is 8. The molecule has 40 heavy (non-hydrogen) atoms. The number of amides is 1. The summed E-state index contributed by atoms with van der Waals surface area (Å²) in [5.74, 6) is -0.138. The molecule has 0 unspecified atom stereocenters. The van der Waals surface area contributed by atoms with E-state index < -0.39 is 5.97 Å². The minimum atomic E-state index is -0.472. The van der Waals surface area contributed by atoms with Gasteiger partial charge in [-0.2, -0.15) is 5.10 Å². The van der Waals surface area contributed by atoms with Gasteiger partial charge < -0.3 is 14.5 Å². The molecular formula is C32H26IN3O4. The van der Waals surface area contributed by atoms with Crippen molar-refractivity contribution < 1.29 is 19.1 Å².